The third kappa shape index (κ3) is 11.0. The normalized spacial score (nSPS) is 10.4. The second-order valence-corrected chi connectivity index (χ2v) is 4.50. The third-order valence-corrected chi connectivity index (χ3v) is 2.81. The van der Waals surface area contributed by atoms with Gasteiger partial charge in [-0.15, -0.1) is 0 Å². The average Bonchev–Trinajstić information content (AvgIpc) is 2.53. The fourth-order valence-electron chi connectivity index (χ4n) is 1.61. The molecule has 0 spiro atoms. The van der Waals surface area contributed by atoms with Crippen LogP contribution in [0.5, 0.6) is 0 Å². The van der Waals surface area contributed by atoms with Gasteiger partial charge in [-0.05, 0) is 0 Å². The lowest BCUT2D eigenvalue weighted by molar-refractivity contribution is -0.120. The molecule has 22 heavy (non-hydrogen) atoms. The van der Waals surface area contributed by atoms with Gasteiger partial charge in [-0.25, -0.2) is 0 Å². The summed E-state index contributed by atoms with van der Waals surface area (Å²) in [5, 5.41) is 7.99. The number of hydrogen-bond acceptors (Lipinski definition) is 7. The van der Waals surface area contributed by atoms with Gasteiger partial charge in [0.1, 0.15) is 0 Å². The van der Waals surface area contributed by atoms with Crippen molar-refractivity contribution in [2.24, 2.45) is 17.2 Å². The van der Waals surface area contributed by atoms with E-state index in [0.29, 0.717) is 39.3 Å². The second kappa shape index (κ2) is 13.0. The van der Waals surface area contributed by atoms with E-state index in [0.717, 1.165) is 0 Å². The SMILES string of the molecule is NCC(=O)NCCN(CCNC(=O)CN)CCNC(=O)CN. The van der Waals surface area contributed by atoms with E-state index in [1.54, 1.807) is 0 Å². The minimum atomic E-state index is -0.229. The van der Waals surface area contributed by atoms with Crippen LogP contribution in [0.2, 0.25) is 0 Å². The molecule has 0 aromatic heterocycles. The Labute approximate surface area is 130 Å². The number of nitrogens with zero attached hydrogens (tertiary/aromatic N) is 1. The third-order valence-electron chi connectivity index (χ3n) is 2.81. The van der Waals surface area contributed by atoms with Gasteiger partial charge in [0.2, 0.25) is 17.7 Å². The minimum Gasteiger partial charge on any atom is -0.354 e. The first kappa shape index (κ1) is 20.2. The first-order chi connectivity index (χ1) is 10.5. The van der Waals surface area contributed by atoms with Crippen molar-refractivity contribution >= 4 is 17.7 Å². The van der Waals surface area contributed by atoms with Crippen molar-refractivity contribution in [3.8, 4) is 0 Å². The highest BCUT2D eigenvalue weighted by molar-refractivity contribution is 5.78. The molecule has 0 aliphatic rings. The van der Waals surface area contributed by atoms with Crippen molar-refractivity contribution in [1.29, 1.82) is 0 Å². The predicted molar refractivity (Wildman–Crippen MR) is 82.6 cm³/mol. The topological polar surface area (TPSA) is 169 Å². The average molecular weight is 317 g/mol. The highest BCUT2D eigenvalue weighted by Crippen LogP contribution is 1.86. The summed E-state index contributed by atoms with van der Waals surface area (Å²) < 4.78 is 0. The Morgan fingerprint density at radius 1 is 0.636 bits per heavy atom. The predicted octanol–water partition coefficient (Wildman–Crippen LogP) is -4.49. The number of carbonyl (C=O) groups excluding carboxylic acids is 3. The van der Waals surface area contributed by atoms with E-state index >= 15 is 0 Å². The van der Waals surface area contributed by atoms with Gasteiger partial charge in [0, 0.05) is 39.3 Å². The first-order valence-corrected chi connectivity index (χ1v) is 7.16. The van der Waals surface area contributed by atoms with Crippen molar-refractivity contribution in [3.63, 3.8) is 0 Å². The molecule has 128 valence electrons. The Bertz CT molecular complexity index is 299. The van der Waals surface area contributed by atoms with Gasteiger partial charge in [0.25, 0.3) is 0 Å². The zero-order valence-corrected chi connectivity index (χ0v) is 12.8. The molecule has 0 bridgehead atoms. The van der Waals surface area contributed by atoms with Crippen molar-refractivity contribution in [3.05, 3.63) is 0 Å². The fourth-order valence-corrected chi connectivity index (χ4v) is 1.61. The minimum absolute atomic E-state index is 0.0564. The Morgan fingerprint density at radius 2 is 0.909 bits per heavy atom. The number of carbonyl (C=O) groups is 3. The van der Waals surface area contributed by atoms with Crippen LogP contribution in [0.3, 0.4) is 0 Å². The molecular weight excluding hydrogens is 290 g/mol. The summed E-state index contributed by atoms with van der Waals surface area (Å²) >= 11 is 0. The Balaban J connectivity index is 4.09. The highest BCUT2D eigenvalue weighted by atomic mass is 16.2. The Morgan fingerprint density at radius 3 is 1.14 bits per heavy atom. The summed E-state index contributed by atoms with van der Waals surface area (Å²) in [6, 6.07) is 0. The number of nitrogens with two attached hydrogens (primary N) is 3. The maximum Gasteiger partial charge on any atom is 0.233 e. The lowest BCUT2D eigenvalue weighted by Gasteiger charge is -2.22. The molecule has 0 heterocycles. The smallest absolute Gasteiger partial charge is 0.233 e. The number of rotatable bonds is 12. The summed E-state index contributed by atoms with van der Waals surface area (Å²) in [5.74, 6) is -0.687. The lowest BCUT2D eigenvalue weighted by Crippen LogP contribution is -2.44. The van der Waals surface area contributed by atoms with E-state index in [2.05, 4.69) is 16.0 Å². The molecule has 0 atom stereocenters. The van der Waals surface area contributed by atoms with E-state index in [1.165, 1.54) is 0 Å². The van der Waals surface area contributed by atoms with Gasteiger partial charge >= 0.3 is 0 Å². The molecule has 0 saturated carbocycles. The van der Waals surface area contributed by atoms with E-state index in [4.69, 9.17) is 17.2 Å². The van der Waals surface area contributed by atoms with E-state index < -0.39 is 0 Å². The largest absolute Gasteiger partial charge is 0.354 e. The van der Waals surface area contributed by atoms with E-state index in [-0.39, 0.29) is 37.4 Å². The quantitative estimate of drug-likeness (QED) is 0.211. The number of hydrogen-bond donors (Lipinski definition) is 6. The van der Waals surface area contributed by atoms with Gasteiger partial charge in [0.05, 0.1) is 19.6 Å². The Kier molecular flexibility index (Phi) is 11.9. The molecule has 0 aliphatic heterocycles. The van der Waals surface area contributed by atoms with Crippen molar-refractivity contribution in [2.75, 3.05) is 58.9 Å². The zero-order valence-electron chi connectivity index (χ0n) is 12.8. The van der Waals surface area contributed by atoms with Gasteiger partial charge in [-0.1, -0.05) is 0 Å². The molecule has 0 fully saturated rings. The molecule has 0 aromatic rings. The van der Waals surface area contributed by atoms with Crippen molar-refractivity contribution in [2.45, 2.75) is 0 Å². The summed E-state index contributed by atoms with van der Waals surface area (Å²) in [6.07, 6.45) is 0. The standard InChI is InChI=1S/C12H27N7O3/c13-7-10(20)16-1-4-19(5-2-17-11(21)8-14)6-3-18-12(22)9-15/h1-9,13-15H2,(H,16,20)(H,17,21)(H,18,22). The van der Waals surface area contributed by atoms with E-state index in [1.807, 2.05) is 4.90 Å². The molecule has 0 aliphatic carbocycles. The summed E-state index contributed by atoms with van der Waals surface area (Å²) in [5.41, 5.74) is 15.6. The molecule has 3 amide bonds. The second-order valence-electron chi connectivity index (χ2n) is 4.50. The molecule has 0 unspecified atom stereocenters. The molecule has 0 rings (SSSR count). The van der Waals surface area contributed by atoms with Crippen LogP contribution in [0, 0.1) is 0 Å². The molecule has 9 N–H and O–H groups in total. The van der Waals surface area contributed by atoms with Crippen LogP contribution >= 0.6 is 0 Å². The van der Waals surface area contributed by atoms with Crippen LogP contribution in [-0.2, 0) is 14.4 Å². The molecule has 0 saturated heterocycles. The lowest BCUT2D eigenvalue weighted by atomic mass is 10.4. The van der Waals surface area contributed by atoms with Crippen LogP contribution in [0.25, 0.3) is 0 Å². The number of nitrogens with one attached hydrogen (secondary N) is 3. The summed E-state index contributed by atoms with van der Waals surface area (Å²) in [4.78, 5) is 35.2. The van der Waals surface area contributed by atoms with Crippen LogP contribution in [0.15, 0.2) is 0 Å². The summed E-state index contributed by atoms with van der Waals surface area (Å²) in [7, 11) is 0. The molecule has 10 heteroatoms. The Hall–Kier alpha value is -1.75. The summed E-state index contributed by atoms with van der Waals surface area (Å²) in [6.45, 7) is 2.86. The zero-order chi connectivity index (χ0) is 16.8. The maximum atomic E-state index is 11.1. The molecule has 10 nitrogen and oxygen atoms in total. The van der Waals surface area contributed by atoms with Gasteiger partial charge in [-0.3, -0.25) is 19.3 Å². The monoisotopic (exact) mass is 317 g/mol. The van der Waals surface area contributed by atoms with Crippen LogP contribution in [0.4, 0.5) is 0 Å². The van der Waals surface area contributed by atoms with Crippen LogP contribution in [-0.4, -0.2) is 81.5 Å². The number of amides is 3. The van der Waals surface area contributed by atoms with E-state index in [9.17, 15) is 14.4 Å². The molecule has 0 radical (unpaired) electrons. The van der Waals surface area contributed by atoms with Crippen molar-refractivity contribution < 1.29 is 14.4 Å². The van der Waals surface area contributed by atoms with Gasteiger partial charge < -0.3 is 33.2 Å². The molecular formula is C12H27N7O3. The van der Waals surface area contributed by atoms with Crippen molar-refractivity contribution in [1.82, 2.24) is 20.9 Å². The maximum absolute atomic E-state index is 11.1. The fraction of sp³-hybridized carbons (Fsp3) is 0.750. The van der Waals surface area contributed by atoms with Crippen LogP contribution < -0.4 is 33.2 Å². The van der Waals surface area contributed by atoms with Crippen LogP contribution in [0.1, 0.15) is 0 Å². The van der Waals surface area contributed by atoms with Gasteiger partial charge in [-0.2, -0.15) is 0 Å². The van der Waals surface area contributed by atoms with Gasteiger partial charge in [0.15, 0.2) is 0 Å². The highest BCUT2D eigenvalue weighted by Gasteiger charge is 2.07. The molecule has 0 aromatic carbocycles. The first-order valence-electron chi connectivity index (χ1n) is 7.16.